The molecule has 0 amide bonds. The molecule has 4 rings (SSSR count). The van der Waals surface area contributed by atoms with Crippen LogP contribution in [0.3, 0.4) is 0 Å². The molecule has 1 aliphatic heterocycles. The third kappa shape index (κ3) is 3.83. The molecule has 29 heavy (non-hydrogen) atoms. The quantitative estimate of drug-likeness (QED) is 0.561. The summed E-state index contributed by atoms with van der Waals surface area (Å²) in [5.74, 6) is -0.453. The van der Waals surface area contributed by atoms with E-state index in [1.165, 1.54) is 6.07 Å². The summed E-state index contributed by atoms with van der Waals surface area (Å²) in [6, 6.07) is 5.38. The van der Waals surface area contributed by atoms with Crippen molar-refractivity contribution >= 4 is 44.6 Å². The molecule has 1 N–H and O–H groups in total. The van der Waals surface area contributed by atoms with Gasteiger partial charge in [0.1, 0.15) is 15.6 Å². The van der Waals surface area contributed by atoms with Crippen LogP contribution in [0.25, 0.3) is 0 Å². The van der Waals surface area contributed by atoms with E-state index in [2.05, 4.69) is 9.88 Å². The molecular weight excluding hydrogens is 436 g/mol. The van der Waals surface area contributed by atoms with E-state index in [1.54, 1.807) is 12.3 Å². The molecule has 1 aromatic carbocycles. The number of nitrogens with one attached hydrogen (secondary N) is 1. The largest absolute Gasteiger partial charge is 0.372 e. The highest BCUT2D eigenvalue weighted by Crippen LogP contribution is 2.31. The molecule has 0 saturated heterocycles. The van der Waals surface area contributed by atoms with Gasteiger partial charge in [-0.05, 0) is 47.5 Å². The molecule has 10 heteroatoms. The first kappa shape index (κ1) is 20.1. The Balaban J connectivity index is 1.60. The Hall–Kier alpha value is -2.20. The van der Waals surface area contributed by atoms with Crippen molar-refractivity contribution < 1.29 is 22.5 Å². The molecule has 2 aromatic heterocycles. The lowest BCUT2D eigenvalue weighted by atomic mass is 9.97. The van der Waals surface area contributed by atoms with Gasteiger partial charge in [-0.3, -0.25) is 4.79 Å². The van der Waals surface area contributed by atoms with Gasteiger partial charge in [0.05, 0.1) is 18.1 Å². The first-order chi connectivity index (χ1) is 13.8. The van der Waals surface area contributed by atoms with Crippen molar-refractivity contribution in [2.24, 2.45) is 0 Å². The Kier molecular flexibility index (Phi) is 5.24. The fourth-order valence-electron chi connectivity index (χ4n) is 3.16. The summed E-state index contributed by atoms with van der Waals surface area (Å²) < 4.78 is 38.2. The SMILES string of the molecule is Cc1cc2c(cc1CC(=O)c1sccc1S(=O)(=O)Nc1onc(C)c1Cl)COC2. The molecule has 7 nitrogen and oxygen atoms in total. The number of carbonyl (C=O) groups is 1. The number of halogens is 1. The lowest BCUT2D eigenvalue weighted by molar-refractivity contribution is 0.0993. The average Bonchev–Trinajstić information content (AvgIpc) is 3.39. The molecule has 152 valence electrons. The number of ether oxygens (including phenoxy) is 1. The summed E-state index contributed by atoms with van der Waals surface area (Å²) in [6.45, 7) is 4.63. The molecule has 3 aromatic rings. The number of thiophene rings is 1. The molecular formula is C19H17ClN2O5S2. The number of aromatic nitrogens is 1. The number of Topliss-reactive ketones (excluding diaryl/α,β-unsaturated/α-hetero) is 1. The molecule has 0 radical (unpaired) electrons. The highest BCUT2D eigenvalue weighted by molar-refractivity contribution is 7.93. The number of nitrogens with zero attached hydrogens (tertiary/aromatic N) is 1. The smallest absolute Gasteiger partial charge is 0.265 e. The highest BCUT2D eigenvalue weighted by atomic mass is 35.5. The maximum Gasteiger partial charge on any atom is 0.265 e. The predicted molar refractivity (Wildman–Crippen MR) is 109 cm³/mol. The second-order valence-electron chi connectivity index (χ2n) is 6.77. The summed E-state index contributed by atoms with van der Waals surface area (Å²) >= 11 is 7.07. The van der Waals surface area contributed by atoms with Crippen molar-refractivity contribution in [2.75, 3.05) is 4.72 Å². The fraction of sp³-hybridized carbons (Fsp3) is 0.263. The van der Waals surface area contributed by atoms with Gasteiger partial charge < -0.3 is 9.26 Å². The van der Waals surface area contributed by atoms with Gasteiger partial charge >= 0.3 is 0 Å². The number of benzene rings is 1. The second kappa shape index (κ2) is 7.56. The van der Waals surface area contributed by atoms with E-state index in [0.29, 0.717) is 18.9 Å². The van der Waals surface area contributed by atoms with E-state index >= 15 is 0 Å². The third-order valence-electron chi connectivity index (χ3n) is 4.71. The van der Waals surface area contributed by atoms with E-state index in [-0.39, 0.29) is 32.9 Å². The number of ketones is 1. The maximum absolute atomic E-state index is 12.9. The van der Waals surface area contributed by atoms with Crippen molar-refractivity contribution in [2.45, 2.75) is 38.4 Å². The molecule has 1 aliphatic rings. The average molecular weight is 453 g/mol. The highest BCUT2D eigenvalue weighted by Gasteiger charge is 2.27. The van der Waals surface area contributed by atoms with E-state index < -0.39 is 10.0 Å². The van der Waals surface area contributed by atoms with Crippen molar-refractivity contribution in [1.82, 2.24) is 5.16 Å². The van der Waals surface area contributed by atoms with Crippen LogP contribution in [0.15, 0.2) is 33.0 Å². The predicted octanol–water partition coefficient (Wildman–Crippen LogP) is 4.26. The van der Waals surface area contributed by atoms with Gasteiger partial charge in [0.2, 0.25) is 0 Å². The van der Waals surface area contributed by atoms with Gasteiger partial charge in [0, 0.05) is 6.42 Å². The maximum atomic E-state index is 12.9. The zero-order chi connectivity index (χ0) is 20.8. The second-order valence-corrected chi connectivity index (χ2v) is 9.72. The fourth-order valence-corrected chi connectivity index (χ4v) is 5.72. The number of fused-ring (bicyclic) bond motifs is 1. The zero-order valence-electron chi connectivity index (χ0n) is 15.6. The molecule has 0 saturated carbocycles. The molecule has 0 unspecified atom stereocenters. The van der Waals surface area contributed by atoms with Crippen molar-refractivity contribution in [3.05, 3.63) is 61.4 Å². The molecule has 3 heterocycles. The normalized spacial score (nSPS) is 13.5. The van der Waals surface area contributed by atoms with Crippen LogP contribution in [0.5, 0.6) is 0 Å². The number of rotatable bonds is 6. The first-order valence-corrected chi connectivity index (χ1v) is 11.4. The molecule has 0 aliphatic carbocycles. The van der Waals surface area contributed by atoms with Gasteiger partial charge in [-0.1, -0.05) is 28.9 Å². The third-order valence-corrected chi connectivity index (χ3v) is 7.62. The van der Waals surface area contributed by atoms with Crippen molar-refractivity contribution in [1.29, 1.82) is 0 Å². The van der Waals surface area contributed by atoms with Crippen LogP contribution in [0.2, 0.25) is 5.02 Å². The number of carbonyl (C=O) groups excluding carboxylic acids is 1. The number of anilines is 1. The number of hydrogen-bond donors (Lipinski definition) is 1. The first-order valence-electron chi connectivity index (χ1n) is 8.70. The summed E-state index contributed by atoms with van der Waals surface area (Å²) in [4.78, 5) is 13.0. The monoisotopic (exact) mass is 452 g/mol. The number of aryl methyl sites for hydroxylation is 2. The van der Waals surface area contributed by atoms with Crippen molar-refractivity contribution in [3.63, 3.8) is 0 Å². The summed E-state index contributed by atoms with van der Waals surface area (Å²) in [7, 11) is -4.07. The van der Waals surface area contributed by atoms with Crippen LogP contribution in [0, 0.1) is 13.8 Å². The Labute approximate surface area is 176 Å². The van der Waals surface area contributed by atoms with Gasteiger partial charge in [-0.15, -0.1) is 11.3 Å². The van der Waals surface area contributed by atoms with Crippen LogP contribution in [0.1, 0.15) is 37.6 Å². The zero-order valence-corrected chi connectivity index (χ0v) is 18.0. The van der Waals surface area contributed by atoms with Crippen LogP contribution in [-0.4, -0.2) is 19.4 Å². The topological polar surface area (TPSA) is 98.5 Å². The van der Waals surface area contributed by atoms with Crippen LogP contribution in [-0.2, 0) is 34.4 Å². The van der Waals surface area contributed by atoms with Gasteiger partial charge in [0.15, 0.2) is 5.78 Å². The van der Waals surface area contributed by atoms with Crippen LogP contribution >= 0.6 is 22.9 Å². The molecule has 0 atom stereocenters. The minimum atomic E-state index is -4.07. The lowest BCUT2D eigenvalue weighted by Gasteiger charge is -2.09. The lowest BCUT2D eigenvalue weighted by Crippen LogP contribution is -2.16. The van der Waals surface area contributed by atoms with Gasteiger partial charge in [-0.2, -0.15) is 0 Å². The Morgan fingerprint density at radius 3 is 2.69 bits per heavy atom. The Morgan fingerprint density at radius 1 is 1.28 bits per heavy atom. The molecule has 0 bridgehead atoms. The number of hydrogen-bond acceptors (Lipinski definition) is 7. The van der Waals surface area contributed by atoms with E-state index in [0.717, 1.165) is 33.6 Å². The summed E-state index contributed by atoms with van der Waals surface area (Å²) in [6.07, 6.45) is 0.102. The number of sulfonamides is 1. The standard InChI is InChI=1S/C19H17ClN2O5S2/c1-10-5-13-8-26-9-14(13)6-12(10)7-15(23)18-16(3-4-28-18)29(24,25)22-19-17(20)11(2)21-27-19/h3-6,22H,7-9H2,1-2H3. The van der Waals surface area contributed by atoms with Gasteiger partial charge in [-0.25, -0.2) is 13.1 Å². The molecule has 0 spiro atoms. The van der Waals surface area contributed by atoms with E-state index in [1.807, 2.05) is 19.1 Å². The van der Waals surface area contributed by atoms with Crippen LogP contribution < -0.4 is 4.72 Å². The Morgan fingerprint density at radius 2 is 2.00 bits per heavy atom. The van der Waals surface area contributed by atoms with Crippen molar-refractivity contribution in [3.8, 4) is 0 Å². The summed E-state index contributed by atoms with van der Waals surface area (Å²) in [5.41, 5.74) is 4.39. The van der Waals surface area contributed by atoms with E-state index in [4.69, 9.17) is 20.9 Å². The summed E-state index contributed by atoms with van der Waals surface area (Å²) in [5, 5.41) is 5.27. The minimum absolute atomic E-state index is 0.0765. The minimum Gasteiger partial charge on any atom is -0.372 e. The van der Waals surface area contributed by atoms with Crippen LogP contribution in [0.4, 0.5) is 5.88 Å². The Bertz CT molecular complexity index is 1210. The molecule has 0 fully saturated rings. The van der Waals surface area contributed by atoms with Gasteiger partial charge in [0.25, 0.3) is 15.9 Å². The van der Waals surface area contributed by atoms with E-state index in [9.17, 15) is 13.2 Å².